The van der Waals surface area contributed by atoms with Crippen LogP contribution in [0.5, 0.6) is 0 Å². The van der Waals surface area contributed by atoms with Gasteiger partial charge in [-0.1, -0.05) is 48.5 Å². The van der Waals surface area contributed by atoms with Crippen LogP contribution in [0.4, 0.5) is 4.79 Å². The smallest absolute Gasteiger partial charge is 0.410 e. The van der Waals surface area contributed by atoms with Crippen molar-refractivity contribution in [3.63, 3.8) is 0 Å². The lowest BCUT2D eigenvalue weighted by Crippen LogP contribution is -2.49. The molecule has 1 fully saturated rings. The van der Waals surface area contributed by atoms with Crippen molar-refractivity contribution < 1.29 is 19.4 Å². The van der Waals surface area contributed by atoms with Gasteiger partial charge in [-0.3, -0.25) is 0 Å². The average Bonchev–Trinajstić information content (AvgIpc) is 3.01. The Balaban J connectivity index is 1.50. The molecule has 1 amide bonds. The van der Waals surface area contributed by atoms with Gasteiger partial charge in [0.25, 0.3) is 0 Å². The van der Waals surface area contributed by atoms with Gasteiger partial charge in [0.05, 0.1) is 19.3 Å². The van der Waals surface area contributed by atoms with Crippen LogP contribution in [0.2, 0.25) is 0 Å². The van der Waals surface area contributed by atoms with Crippen molar-refractivity contribution in [3.8, 4) is 11.1 Å². The number of aliphatic hydroxyl groups is 1. The summed E-state index contributed by atoms with van der Waals surface area (Å²) in [5.41, 5.74) is 4.84. The van der Waals surface area contributed by atoms with Gasteiger partial charge in [0.15, 0.2) is 0 Å². The first-order valence-corrected chi connectivity index (χ1v) is 9.10. The molecule has 0 bridgehead atoms. The molecule has 5 heteroatoms. The first-order valence-electron chi connectivity index (χ1n) is 9.10. The summed E-state index contributed by atoms with van der Waals surface area (Å²) < 4.78 is 11.1. The third-order valence-corrected chi connectivity index (χ3v) is 5.26. The number of hydrogen-bond donors (Lipinski definition) is 1. The van der Waals surface area contributed by atoms with E-state index in [0.717, 1.165) is 0 Å². The van der Waals surface area contributed by atoms with Gasteiger partial charge in [-0.25, -0.2) is 4.79 Å². The Hall–Kier alpha value is -2.37. The fourth-order valence-corrected chi connectivity index (χ4v) is 3.96. The summed E-state index contributed by atoms with van der Waals surface area (Å²) in [7, 11) is 0. The maximum Gasteiger partial charge on any atom is 0.410 e. The van der Waals surface area contributed by atoms with E-state index < -0.39 is 0 Å². The molecule has 1 heterocycles. The number of morpholine rings is 1. The normalized spacial score (nSPS) is 19.1. The molecule has 2 aliphatic rings. The molecule has 1 atom stereocenters. The number of carbonyl (C=O) groups excluding carboxylic acids is 1. The number of aliphatic hydroxyl groups excluding tert-OH is 1. The lowest BCUT2D eigenvalue weighted by Gasteiger charge is -2.34. The first kappa shape index (κ1) is 17.1. The van der Waals surface area contributed by atoms with E-state index in [1.54, 1.807) is 4.90 Å². The van der Waals surface area contributed by atoms with Crippen molar-refractivity contribution in [1.82, 2.24) is 4.90 Å². The molecule has 1 aliphatic carbocycles. The summed E-state index contributed by atoms with van der Waals surface area (Å²) in [6, 6.07) is 16.5. The Labute approximate surface area is 153 Å². The maximum absolute atomic E-state index is 12.6. The highest BCUT2D eigenvalue weighted by Crippen LogP contribution is 2.44. The highest BCUT2D eigenvalue weighted by atomic mass is 16.6. The number of carbonyl (C=O) groups is 1. The lowest BCUT2D eigenvalue weighted by atomic mass is 9.98. The van der Waals surface area contributed by atoms with Gasteiger partial charge < -0.3 is 19.5 Å². The molecule has 1 unspecified atom stereocenters. The second-order valence-electron chi connectivity index (χ2n) is 6.74. The fraction of sp³-hybridized carbons (Fsp3) is 0.381. The van der Waals surface area contributed by atoms with E-state index in [1.165, 1.54) is 22.3 Å². The second kappa shape index (κ2) is 7.48. The molecule has 0 spiro atoms. The average molecular weight is 353 g/mol. The minimum atomic E-state index is -0.325. The van der Waals surface area contributed by atoms with Crippen molar-refractivity contribution in [1.29, 1.82) is 0 Å². The zero-order valence-electron chi connectivity index (χ0n) is 14.6. The van der Waals surface area contributed by atoms with E-state index in [-0.39, 0.29) is 24.7 Å². The highest BCUT2D eigenvalue weighted by molar-refractivity contribution is 5.79. The SMILES string of the molecule is O=C(OCC1c2ccccc2-c2ccccc21)N1CCOCC1CCO. The minimum absolute atomic E-state index is 0.0290. The maximum atomic E-state index is 12.6. The molecule has 0 saturated carbocycles. The van der Waals surface area contributed by atoms with Crippen molar-refractivity contribution in [2.24, 2.45) is 0 Å². The van der Waals surface area contributed by atoms with E-state index in [4.69, 9.17) is 9.47 Å². The molecule has 2 aromatic carbocycles. The summed E-state index contributed by atoms with van der Waals surface area (Å²) in [6.07, 6.45) is 0.179. The molecule has 4 rings (SSSR count). The molecule has 1 N–H and O–H groups in total. The van der Waals surface area contributed by atoms with E-state index in [1.807, 2.05) is 24.3 Å². The van der Waals surface area contributed by atoms with Gasteiger partial charge in [0.1, 0.15) is 6.61 Å². The zero-order chi connectivity index (χ0) is 17.9. The number of amides is 1. The summed E-state index contributed by atoms with van der Waals surface area (Å²) in [6.45, 7) is 1.80. The van der Waals surface area contributed by atoms with Crippen LogP contribution in [-0.4, -0.2) is 55.1 Å². The van der Waals surface area contributed by atoms with Crippen LogP contribution in [0, 0.1) is 0 Å². The Morgan fingerprint density at radius 1 is 1.12 bits per heavy atom. The number of nitrogens with zero attached hydrogens (tertiary/aromatic N) is 1. The van der Waals surface area contributed by atoms with E-state index >= 15 is 0 Å². The van der Waals surface area contributed by atoms with E-state index in [0.29, 0.717) is 32.8 Å². The molecule has 0 radical (unpaired) electrons. The third kappa shape index (κ3) is 3.08. The zero-order valence-corrected chi connectivity index (χ0v) is 14.6. The van der Waals surface area contributed by atoms with Crippen molar-refractivity contribution >= 4 is 6.09 Å². The fourth-order valence-electron chi connectivity index (χ4n) is 3.96. The van der Waals surface area contributed by atoms with Crippen LogP contribution in [0.25, 0.3) is 11.1 Å². The van der Waals surface area contributed by atoms with Gasteiger partial charge in [-0.2, -0.15) is 0 Å². The van der Waals surface area contributed by atoms with Gasteiger partial charge in [-0.15, -0.1) is 0 Å². The number of benzene rings is 2. The summed E-state index contributed by atoms with van der Waals surface area (Å²) >= 11 is 0. The van der Waals surface area contributed by atoms with Crippen LogP contribution < -0.4 is 0 Å². The quantitative estimate of drug-likeness (QED) is 0.918. The Morgan fingerprint density at radius 2 is 1.77 bits per heavy atom. The Morgan fingerprint density at radius 3 is 2.42 bits per heavy atom. The van der Waals surface area contributed by atoms with Crippen molar-refractivity contribution in [2.45, 2.75) is 18.4 Å². The topological polar surface area (TPSA) is 59.0 Å². The van der Waals surface area contributed by atoms with Crippen LogP contribution in [0.3, 0.4) is 0 Å². The standard InChI is InChI=1S/C21H23NO4/c23-11-9-15-13-25-12-10-22(15)21(24)26-14-20-18-7-3-1-5-16(18)17-6-2-4-8-19(17)20/h1-8,15,20,23H,9-14H2. The molecular weight excluding hydrogens is 330 g/mol. The number of hydrogen-bond acceptors (Lipinski definition) is 4. The van der Waals surface area contributed by atoms with Gasteiger partial charge in [0.2, 0.25) is 0 Å². The summed E-state index contributed by atoms with van der Waals surface area (Å²) in [4.78, 5) is 14.3. The van der Waals surface area contributed by atoms with E-state index in [9.17, 15) is 9.90 Å². The number of fused-ring (bicyclic) bond motifs is 3. The molecule has 5 nitrogen and oxygen atoms in total. The molecule has 1 aliphatic heterocycles. The molecular formula is C21H23NO4. The van der Waals surface area contributed by atoms with Gasteiger partial charge in [0, 0.05) is 19.1 Å². The lowest BCUT2D eigenvalue weighted by molar-refractivity contribution is -0.0160. The van der Waals surface area contributed by atoms with E-state index in [2.05, 4.69) is 24.3 Å². The summed E-state index contributed by atoms with van der Waals surface area (Å²) in [5, 5.41) is 9.20. The summed E-state index contributed by atoms with van der Waals surface area (Å²) in [5.74, 6) is 0.0590. The third-order valence-electron chi connectivity index (χ3n) is 5.26. The monoisotopic (exact) mass is 353 g/mol. The number of rotatable bonds is 4. The van der Waals surface area contributed by atoms with Gasteiger partial charge in [-0.05, 0) is 28.7 Å². The largest absolute Gasteiger partial charge is 0.448 e. The molecule has 0 aromatic heterocycles. The highest BCUT2D eigenvalue weighted by Gasteiger charge is 2.32. The van der Waals surface area contributed by atoms with Crippen LogP contribution in [-0.2, 0) is 9.47 Å². The Bertz CT molecular complexity index is 744. The minimum Gasteiger partial charge on any atom is -0.448 e. The van der Waals surface area contributed by atoms with Crippen molar-refractivity contribution in [2.75, 3.05) is 33.0 Å². The second-order valence-corrected chi connectivity index (χ2v) is 6.74. The van der Waals surface area contributed by atoms with Crippen molar-refractivity contribution in [3.05, 3.63) is 59.7 Å². The Kier molecular flexibility index (Phi) is 4.91. The van der Waals surface area contributed by atoms with Gasteiger partial charge >= 0.3 is 6.09 Å². The van der Waals surface area contributed by atoms with Crippen LogP contribution in [0.1, 0.15) is 23.5 Å². The molecule has 1 saturated heterocycles. The predicted octanol–water partition coefficient (Wildman–Crippen LogP) is 3.02. The van der Waals surface area contributed by atoms with Crippen LogP contribution in [0.15, 0.2) is 48.5 Å². The van der Waals surface area contributed by atoms with Crippen LogP contribution >= 0.6 is 0 Å². The predicted molar refractivity (Wildman–Crippen MR) is 98.1 cm³/mol. The first-order chi connectivity index (χ1) is 12.8. The molecule has 136 valence electrons. The molecule has 2 aromatic rings. The number of ether oxygens (including phenoxy) is 2. The molecule has 26 heavy (non-hydrogen) atoms.